The standard InChI is InChI=1S/C10H15N3O3/c1-6-4-7(5-14)16-9(6)13-3-2-8(11)12-10(13)15/h2-3,6-7,9,14H,4-5H2,1H3,(H2,11,12,15)/t6?,7-,9+/m0/s1. The van der Waals surface area contributed by atoms with Gasteiger partial charge in [0.2, 0.25) is 0 Å². The second-order valence-corrected chi connectivity index (χ2v) is 4.09. The molecule has 6 nitrogen and oxygen atoms in total. The minimum absolute atomic E-state index is 0.0298. The lowest BCUT2D eigenvalue weighted by Crippen LogP contribution is -2.29. The molecular weight excluding hydrogens is 210 g/mol. The Hall–Kier alpha value is -1.40. The molecule has 2 heterocycles. The Balaban J connectivity index is 2.28. The molecule has 88 valence electrons. The number of ether oxygens (including phenoxy) is 1. The minimum atomic E-state index is -0.421. The predicted octanol–water partition coefficient (Wildman–Crippen LogP) is -0.259. The van der Waals surface area contributed by atoms with Crippen molar-refractivity contribution >= 4 is 5.82 Å². The summed E-state index contributed by atoms with van der Waals surface area (Å²) in [5, 5.41) is 9.01. The van der Waals surface area contributed by atoms with Crippen LogP contribution in [0.15, 0.2) is 17.1 Å². The van der Waals surface area contributed by atoms with Gasteiger partial charge in [-0.3, -0.25) is 4.57 Å². The van der Waals surface area contributed by atoms with Gasteiger partial charge in [-0.05, 0) is 12.5 Å². The summed E-state index contributed by atoms with van der Waals surface area (Å²) in [5.74, 6) is 0.367. The van der Waals surface area contributed by atoms with E-state index in [-0.39, 0.29) is 30.7 Å². The maximum absolute atomic E-state index is 11.6. The Morgan fingerprint density at radius 1 is 1.75 bits per heavy atom. The van der Waals surface area contributed by atoms with Crippen LogP contribution in [-0.4, -0.2) is 27.4 Å². The van der Waals surface area contributed by atoms with E-state index < -0.39 is 5.69 Å². The first-order valence-electron chi connectivity index (χ1n) is 5.23. The van der Waals surface area contributed by atoms with Crippen LogP contribution in [0.25, 0.3) is 0 Å². The third-order valence-corrected chi connectivity index (χ3v) is 2.78. The predicted molar refractivity (Wildman–Crippen MR) is 57.7 cm³/mol. The van der Waals surface area contributed by atoms with Crippen molar-refractivity contribution in [3.63, 3.8) is 0 Å². The van der Waals surface area contributed by atoms with Crippen LogP contribution in [0, 0.1) is 5.92 Å². The molecule has 1 aliphatic heterocycles. The van der Waals surface area contributed by atoms with E-state index in [1.165, 1.54) is 4.57 Å². The van der Waals surface area contributed by atoms with Crippen LogP contribution >= 0.6 is 0 Å². The molecule has 1 aromatic rings. The number of aliphatic hydroxyl groups excluding tert-OH is 1. The fourth-order valence-corrected chi connectivity index (χ4v) is 1.99. The second kappa shape index (κ2) is 4.23. The highest BCUT2D eigenvalue weighted by atomic mass is 16.5. The third kappa shape index (κ3) is 1.94. The zero-order chi connectivity index (χ0) is 11.7. The van der Waals surface area contributed by atoms with Gasteiger partial charge in [-0.25, -0.2) is 4.79 Å². The number of hydrogen-bond acceptors (Lipinski definition) is 5. The summed E-state index contributed by atoms with van der Waals surface area (Å²) in [6.07, 6.45) is 1.74. The van der Waals surface area contributed by atoms with Crippen LogP contribution in [0.3, 0.4) is 0 Å². The molecule has 1 unspecified atom stereocenters. The summed E-state index contributed by atoms with van der Waals surface area (Å²) in [6, 6.07) is 1.56. The molecule has 6 heteroatoms. The second-order valence-electron chi connectivity index (χ2n) is 4.09. The molecule has 0 spiro atoms. The van der Waals surface area contributed by atoms with E-state index >= 15 is 0 Å². The van der Waals surface area contributed by atoms with Gasteiger partial charge in [-0.1, -0.05) is 6.92 Å². The highest BCUT2D eigenvalue weighted by molar-refractivity contribution is 5.23. The Bertz CT molecular complexity index is 432. The minimum Gasteiger partial charge on any atom is -0.394 e. The Morgan fingerprint density at radius 2 is 2.50 bits per heavy atom. The van der Waals surface area contributed by atoms with E-state index in [1.54, 1.807) is 12.3 Å². The molecule has 0 aromatic carbocycles. The summed E-state index contributed by atoms with van der Waals surface area (Å²) in [7, 11) is 0. The van der Waals surface area contributed by atoms with Gasteiger partial charge in [0.15, 0.2) is 0 Å². The Morgan fingerprint density at radius 3 is 3.06 bits per heavy atom. The SMILES string of the molecule is CC1C[C@@H](CO)O[C@H]1n1ccc(N)nc1=O. The maximum Gasteiger partial charge on any atom is 0.351 e. The lowest BCUT2D eigenvalue weighted by molar-refractivity contribution is -0.0335. The summed E-state index contributed by atoms with van der Waals surface area (Å²) in [5.41, 5.74) is 4.99. The molecule has 1 aliphatic rings. The van der Waals surface area contributed by atoms with Crippen molar-refractivity contribution in [3.8, 4) is 0 Å². The van der Waals surface area contributed by atoms with Crippen LogP contribution in [-0.2, 0) is 4.74 Å². The van der Waals surface area contributed by atoms with E-state index in [9.17, 15) is 4.79 Å². The summed E-state index contributed by atoms with van der Waals surface area (Å²) in [6.45, 7) is 1.95. The molecule has 2 rings (SSSR count). The molecule has 1 saturated heterocycles. The van der Waals surface area contributed by atoms with Crippen LogP contribution in [0.1, 0.15) is 19.6 Å². The van der Waals surface area contributed by atoms with E-state index in [0.717, 1.165) is 6.42 Å². The first kappa shape index (κ1) is 11.1. The highest BCUT2D eigenvalue weighted by Crippen LogP contribution is 2.32. The zero-order valence-corrected chi connectivity index (χ0v) is 9.04. The summed E-state index contributed by atoms with van der Waals surface area (Å²) < 4.78 is 6.98. The molecule has 3 N–H and O–H groups in total. The van der Waals surface area contributed by atoms with Gasteiger partial charge in [-0.2, -0.15) is 4.98 Å². The van der Waals surface area contributed by atoms with Crippen molar-refractivity contribution in [1.29, 1.82) is 0 Å². The third-order valence-electron chi connectivity index (χ3n) is 2.78. The van der Waals surface area contributed by atoms with Crippen molar-refractivity contribution in [2.45, 2.75) is 25.7 Å². The average Bonchev–Trinajstić information content (AvgIpc) is 2.60. The van der Waals surface area contributed by atoms with Crippen LogP contribution < -0.4 is 11.4 Å². The van der Waals surface area contributed by atoms with Crippen molar-refractivity contribution in [2.75, 3.05) is 12.3 Å². The average molecular weight is 225 g/mol. The lowest BCUT2D eigenvalue weighted by Gasteiger charge is -2.17. The van der Waals surface area contributed by atoms with Gasteiger partial charge in [-0.15, -0.1) is 0 Å². The molecule has 0 amide bonds. The number of aliphatic hydroxyl groups is 1. The molecule has 0 saturated carbocycles. The molecule has 1 aromatic heterocycles. The fraction of sp³-hybridized carbons (Fsp3) is 0.600. The smallest absolute Gasteiger partial charge is 0.351 e. The number of nitrogen functional groups attached to an aromatic ring is 1. The molecule has 0 aliphatic carbocycles. The molecule has 3 atom stereocenters. The van der Waals surface area contributed by atoms with Crippen LogP contribution in [0.4, 0.5) is 5.82 Å². The largest absolute Gasteiger partial charge is 0.394 e. The van der Waals surface area contributed by atoms with Crippen molar-refractivity contribution in [1.82, 2.24) is 9.55 Å². The monoisotopic (exact) mass is 225 g/mol. The summed E-state index contributed by atoms with van der Waals surface area (Å²) >= 11 is 0. The molecular formula is C10H15N3O3. The number of hydrogen-bond donors (Lipinski definition) is 2. The number of aromatic nitrogens is 2. The Labute approximate surface area is 92.7 Å². The van der Waals surface area contributed by atoms with E-state index in [0.29, 0.717) is 0 Å². The van der Waals surface area contributed by atoms with E-state index in [2.05, 4.69) is 4.98 Å². The zero-order valence-electron chi connectivity index (χ0n) is 9.04. The number of rotatable bonds is 2. The number of nitrogens with two attached hydrogens (primary N) is 1. The summed E-state index contributed by atoms with van der Waals surface area (Å²) in [4.78, 5) is 15.2. The number of anilines is 1. The first-order valence-corrected chi connectivity index (χ1v) is 5.23. The van der Waals surface area contributed by atoms with Gasteiger partial charge < -0.3 is 15.6 Å². The van der Waals surface area contributed by atoms with Crippen molar-refractivity contribution in [3.05, 3.63) is 22.7 Å². The highest BCUT2D eigenvalue weighted by Gasteiger charge is 2.33. The number of nitrogens with zero attached hydrogens (tertiary/aromatic N) is 2. The lowest BCUT2D eigenvalue weighted by atomic mass is 10.1. The molecule has 1 fully saturated rings. The topological polar surface area (TPSA) is 90.4 Å². The maximum atomic E-state index is 11.6. The van der Waals surface area contributed by atoms with Gasteiger partial charge in [0.05, 0.1) is 12.7 Å². The van der Waals surface area contributed by atoms with Gasteiger partial charge in [0.25, 0.3) is 0 Å². The molecule has 0 bridgehead atoms. The van der Waals surface area contributed by atoms with Crippen LogP contribution in [0.5, 0.6) is 0 Å². The first-order chi connectivity index (χ1) is 7.61. The van der Waals surface area contributed by atoms with E-state index in [4.69, 9.17) is 15.6 Å². The van der Waals surface area contributed by atoms with Crippen molar-refractivity contribution in [2.24, 2.45) is 5.92 Å². The Kier molecular flexibility index (Phi) is 2.93. The van der Waals surface area contributed by atoms with Gasteiger partial charge in [0, 0.05) is 12.1 Å². The normalized spacial score (nSPS) is 29.5. The molecule has 0 radical (unpaired) electrons. The quantitative estimate of drug-likeness (QED) is 0.723. The fourth-order valence-electron chi connectivity index (χ4n) is 1.99. The van der Waals surface area contributed by atoms with Gasteiger partial charge >= 0.3 is 5.69 Å². The van der Waals surface area contributed by atoms with E-state index in [1.807, 2.05) is 6.92 Å². The van der Waals surface area contributed by atoms with Gasteiger partial charge in [0.1, 0.15) is 12.0 Å². The van der Waals surface area contributed by atoms with Crippen LogP contribution in [0.2, 0.25) is 0 Å². The van der Waals surface area contributed by atoms with Crippen molar-refractivity contribution < 1.29 is 9.84 Å². The molecule has 16 heavy (non-hydrogen) atoms.